The maximum Gasteiger partial charge on any atom is 0.289 e. The monoisotopic (exact) mass is 404 g/mol. The van der Waals surface area contributed by atoms with Crippen LogP contribution in [0, 0.1) is 0 Å². The highest BCUT2D eigenvalue weighted by Crippen LogP contribution is 2.11. The number of Topliss-reactive ketones (excluding diaryl/α,β-unsaturated/α-hetero) is 1. The number of hydrogen-bond donors (Lipinski definition) is 2. The van der Waals surface area contributed by atoms with Crippen LogP contribution in [-0.2, 0) is 25.7 Å². The highest BCUT2D eigenvalue weighted by Gasteiger charge is 2.27. The fourth-order valence-corrected chi connectivity index (χ4v) is 2.54. The van der Waals surface area contributed by atoms with Gasteiger partial charge < -0.3 is 20.1 Å². The quantitative estimate of drug-likeness (QED) is 0.299. The number of hydrogen-bond acceptors (Lipinski definition) is 5. The SMILES string of the molecule is C/C=C/C[C@H](NC(=O)c1ccccc1COCCOCC)C(=O)C(=O)NC(C)C. The summed E-state index contributed by atoms with van der Waals surface area (Å²) in [4.78, 5) is 37.4. The van der Waals surface area contributed by atoms with Crippen molar-refractivity contribution in [3.63, 3.8) is 0 Å². The number of allylic oxidation sites excluding steroid dienone is 1. The Kier molecular flexibility index (Phi) is 11.5. The molecule has 0 aliphatic heterocycles. The molecule has 7 nitrogen and oxygen atoms in total. The Bertz CT molecular complexity index is 700. The standard InChI is InChI=1S/C22H32N2O5/c1-5-7-12-19(20(25)22(27)23-16(3)4)24-21(26)18-11-9-8-10-17(18)15-29-14-13-28-6-2/h5,7-11,16,19H,6,12-15H2,1-4H3,(H,23,27)(H,24,26)/b7-5+/t19-/m0/s1. The van der Waals surface area contributed by atoms with E-state index in [1.807, 2.05) is 19.9 Å². The van der Waals surface area contributed by atoms with Gasteiger partial charge in [0.2, 0.25) is 5.78 Å². The summed E-state index contributed by atoms with van der Waals surface area (Å²) in [5.74, 6) is -1.80. The highest BCUT2D eigenvalue weighted by atomic mass is 16.5. The van der Waals surface area contributed by atoms with E-state index in [1.54, 1.807) is 44.2 Å². The summed E-state index contributed by atoms with van der Waals surface area (Å²) in [7, 11) is 0. The van der Waals surface area contributed by atoms with Crippen LogP contribution in [0.4, 0.5) is 0 Å². The first-order valence-electron chi connectivity index (χ1n) is 9.90. The molecule has 0 fully saturated rings. The topological polar surface area (TPSA) is 93.7 Å². The van der Waals surface area contributed by atoms with Crippen LogP contribution >= 0.6 is 0 Å². The minimum absolute atomic E-state index is 0.168. The zero-order chi connectivity index (χ0) is 21.6. The van der Waals surface area contributed by atoms with E-state index in [1.165, 1.54) is 0 Å². The van der Waals surface area contributed by atoms with Gasteiger partial charge in [0.1, 0.15) is 6.04 Å². The van der Waals surface area contributed by atoms with Gasteiger partial charge >= 0.3 is 0 Å². The summed E-state index contributed by atoms with van der Waals surface area (Å²) in [6, 6.07) is 5.92. The molecule has 0 aromatic heterocycles. The Labute approximate surface area is 172 Å². The van der Waals surface area contributed by atoms with Gasteiger partial charge in [-0.3, -0.25) is 14.4 Å². The number of rotatable bonds is 13. The first kappa shape index (κ1) is 24.5. The number of carbonyl (C=O) groups is 3. The van der Waals surface area contributed by atoms with Crippen molar-refractivity contribution >= 4 is 17.6 Å². The predicted molar refractivity (Wildman–Crippen MR) is 112 cm³/mol. The number of carbonyl (C=O) groups excluding carboxylic acids is 3. The van der Waals surface area contributed by atoms with Crippen molar-refractivity contribution in [2.45, 2.75) is 52.8 Å². The maximum atomic E-state index is 12.8. The Morgan fingerprint density at radius 3 is 2.41 bits per heavy atom. The van der Waals surface area contributed by atoms with Gasteiger partial charge in [-0.15, -0.1) is 0 Å². The van der Waals surface area contributed by atoms with E-state index in [0.717, 1.165) is 0 Å². The van der Waals surface area contributed by atoms with Crippen LogP contribution in [0.1, 0.15) is 50.0 Å². The number of benzene rings is 1. The first-order chi connectivity index (χ1) is 13.9. The number of ketones is 1. The van der Waals surface area contributed by atoms with Crippen LogP contribution in [0.3, 0.4) is 0 Å². The van der Waals surface area contributed by atoms with Crippen LogP contribution in [0.2, 0.25) is 0 Å². The highest BCUT2D eigenvalue weighted by molar-refractivity contribution is 6.38. The molecule has 1 aromatic rings. The van der Waals surface area contributed by atoms with Gasteiger partial charge in [0.05, 0.1) is 19.8 Å². The molecule has 160 valence electrons. The van der Waals surface area contributed by atoms with Crippen LogP contribution in [0.25, 0.3) is 0 Å². The van der Waals surface area contributed by atoms with Crippen molar-refractivity contribution in [1.82, 2.24) is 10.6 Å². The smallest absolute Gasteiger partial charge is 0.289 e. The second-order valence-electron chi connectivity index (χ2n) is 6.73. The van der Waals surface area contributed by atoms with E-state index in [4.69, 9.17) is 9.47 Å². The van der Waals surface area contributed by atoms with Crippen LogP contribution in [0.15, 0.2) is 36.4 Å². The summed E-state index contributed by atoms with van der Waals surface area (Å²) in [6.45, 7) is 9.03. The molecular weight excluding hydrogens is 372 g/mol. The van der Waals surface area contributed by atoms with Crippen LogP contribution in [0.5, 0.6) is 0 Å². The minimum Gasteiger partial charge on any atom is -0.379 e. The van der Waals surface area contributed by atoms with Crippen molar-refractivity contribution in [3.05, 3.63) is 47.5 Å². The van der Waals surface area contributed by atoms with Gasteiger partial charge in [0.15, 0.2) is 0 Å². The molecule has 0 aliphatic rings. The fraction of sp³-hybridized carbons (Fsp3) is 0.500. The average Bonchev–Trinajstić information content (AvgIpc) is 2.70. The van der Waals surface area contributed by atoms with E-state index in [0.29, 0.717) is 30.9 Å². The molecule has 0 unspecified atom stereocenters. The first-order valence-corrected chi connectivity index (χ1v) is 9.90. The van der Waals surface area contributed by atoms with Gasteiger partial charge in [-0.05, 0) is 45.7 Å². The lowest BCUT2D eigenvalue weighted by Crippen LogP contribution is -2.48. The number of ether oxygens (including phenoxy) is 2. The number of amides is 2. The van der Waals surface area contributed by atoms with E-state index < -0.39 is 23.6 Å². The minimum atomic E-state index is -0.940. The van der Waals surface area contributed by atoms with Crippen molar-refractivity contribution < 1.29 is 23.9 Å². The van der Waals surface area contributed by atoms with Gasteiger partial charge in [-0.1, -0.05) is 30.4 Å². The molecule has 0 aliphatic carbocycles. The molecule has 2 amide bonds. The molecule has 0 bridgehead atoms. The lowest BCUT2D eigenvalue weighted by Gasteiger charge is -2.18. The molecule has 1 aromatic carbocycles. The Hall–Kier alpha value is -2.51. The van der Waals surface area contributed by atoms with Crippen molar-refractivity contribution in [2.24, 2.45) is 0 Å². The van der Waals surface area contributed by atoms with Crippen LogP contribution < -0.4 is 10.6 Å². The molecule has 1 rings (SSSR count). The van der Waals surface area contributed by atoms with Gasteiger partial charge in [0, 0.05) is 18.2 Å². The molecule has 0 spiro atoms. The van der Waals surface area contributed by atoms with Crippen LogP contribution in [-0.4, -0.2) is 49.5 Å². The fourth-order valence-electron chi connectivity index (χ4n) is 2.54. The van der Waals surface area contributed by atoms with E-state index in [2.05, 4.69) is 10.6 Å². The predicted octanol–water partition coefficient (Wildman–Crippen LogP) is 2.40. The molecule has 0 radical (unpaired) electrons. The normalized spacial score (nSPS) is 12.2. The Morgan fingerprint density at radius 1 is 1.07 bits per heavy atom. The summed E-state index contributed by atoms with van der Waals surface area (Å²) in [5.41, 5.74) is 1.11. The average molecular weight is 405 g/mol. The van der Waals surface area contributed by atoms with E-state index >= 15 is 0 Å². The molecule has 0 saturated carbocycles. The Morgan fingerprint density at radius 2 is 1.76 bits per heavy atom. The summed E-state index contributed by atoms with van der Waals surface area (Å²) < 4.78 is 10.8. The van der Waals surface area contributed by atoms with Gasteiger partial charge in [-0.2, -0.15) is 0 Å². The lowest BCUT2D eigenvalue weighted by molar-refractivity contribution is -0.139. The molecular formula is C22H32N2O5. The zero-order valence-corrected chi connectivity index (χ0v) is 17.7. The largest absolute Gasteiger partial charge is 0.379 e. The molecule has 0 heterocycles. The lowest BCUT2D eigenvalue weighted by atomic mass is 10.0. The van der Waals surface area contributed by atoms with E-state index in [9.17, 15) is 14.4 Å². The second-order valence-corrected chi connectivity index (χ2v) is 6.73. The second kappa shape index (κ2) is 13.6. The van der Waals surface area contributed by atoms with Crippen molar-refractivity contribution in [3.8, 4) is 0 Å². The van der Waals surface area contributed by atoms with Crippen molar-refractivity contribution in [2.75, 3.05) is 19.8 Å². The third-order valence-electron chi connectivity index (χ3n) is 3.97. The molecule has 7 heteroatoms. The zero-order valence-electron chi connectivity index (χ0n) is 17.7. The number of nitrogens with one attached hydrogen (secondary N) is 2. The van der Waals surface area contributed by atoms with Gasteiger partial charge in [-0.25, -0.2) is 0 Å². The third-order valence-corrected chi connectivity index (χ3v) is 3.97. The molecule has 2 N–H and O–H groups in total. The third kappa shape index (κ3) is 9.02. The summed E-state index contributed by atoms with van der Waals surface area (Å²) in [6.07, 6.45) is 3.75. The van der Waals surface area contributed by atoms with Gasteiger partial charge in [0.25, 0.3) is 11.8 Å². The molecule has 1 atom stereocenters. The summed E-state index contributed by atoms with van der Waals surface area (Å²) in [5, 5.41) is 5.27. The van der Waals surface area contributed by atoms with E-state index in [-0.39, 0.29) is 19.1 Å². The maximum absolute atomic E-state index is 12.8. The molecule has 29 heavy (non-hydrogen) atoms. The molecule has 0 saturated heterocycles. The Balaban J connectivity index is 2.86. The van der Waals surface area contributed by atoms with Crippen molar-refractivity contribution in [1.29, 1.82) is 0 Å². The summed E-state index contributed by atoms with van der Waals surface area (Å²) >= 11 is 0.